The monoisotopic (exact) mass is 285 g/mol. The maximum absolute atomic E-state index is 4.16. The molecule has 0 atom stereocenters. The Hall–Kier alpha value is -0.650. The molecule has 1 aromatic heterocycles. The Balaban J connectivity index is 2.26. The second kappa shape index (κ2) is 2.67. The molecular formula is C9H8IN3. The lowest BCUT2D eigenvalue weighted by Crippen LogP contribution is -1.95. The fourth-order valence-corrected chi connectivity index (χ4v) is 1.98. The molecule has 0 unspecified atom stereocenters. The van der Waals surface area contributed by atoms with Crippen LogP contribution in [-0.4, -0.2) is 15.0 Å². The van der Waals surface area contributed by atoms with Crippen LogP contribution < -0.4 is 0 Å². The molecule has 13 heavy (non-hydrogen) atoms. The predicted octanol–water partition coefficient (Wildman–Crippen LogP) is 2.37. The van der Waals surface area contributed by atoms with Gasteiger partial charge in [-0.1, -0.05) is 5.21 Å². The summed E-state index contributed by atoms with van der Waals surface area (Å²) in [6.07, 6.45) is 2.51. The van der Waals surface area contributed by atoms with Gasteiger partial charge < -0.3 is 0 Å². The van der Waals surface area contributed by atoms with Crippen LogP contribution in [0.5, 0.6) is 0 Å². The highest BCUT2D eigenvalue weighted by Gasteiger charge is 2.26. The normalized spacial score (nSPS) is 16.7. The summed E-state index contributed by atoms with van der Waals surface area (Å²) >= 11 is 2.29. The Labute approximate surface area is 89.3 Å². The van der Waals surface area contributed by atoms with Crippen LogP contribution in [0.3, 0.4) is 0 Å². The zero-order valence-electron chi connectivity index (χ0n) is 6.94. The Bertz CT molecular complexity index is 459. The van der Waals surface area contributed by atoms with Gasteiger partial charge in [0.25, 0.3) is 0 Å². The van der Waals surface area contributed by atoms with Crippen molar-refractivity contribution in [2.24, 2.45) is 0 Å². The third kappa shape index (κ3) is 1.23. The van der Waals surface area contributed by atoms with E-state index in [1.165, 1.54) is 21.9 Å². The first-order valence-corrected chi connectivity index (χ1v) is 5.43. The lowest BCUT2D eigenvalue weighted by molar-refractivity contribution is 0.630. The number of halogens is 1. The smallest absolute Gasteiger partial charge is 0.114 e. The van der Waals surface area contributed by atoms with E-state index >= 15 is 0 Å². The van der Waals surface area contributed by atoms with Gasteiger partial charge in [-0.15, -0.1) is 5.10 Å². The molecule has 0 bridgehead atoms. The van der Waals surface area contributed by atoms with E-state index in [9.17, 15) is 0 Å². The van der Waals surface area contributed by atoms with Gasteiger partial charge in [-0.25, -0.2) is 4.68 Å². The summed E-state index contributed by atoms with van der Waals surface area (Å²) in [5, 5.41) is 8.31. The Morgan fingerprint density at radius 1 is 1.38 bits per heavy atom. The van der Waals surface area contributed by atoms with Crippen molar-refractivity contribution in [1.82, 2.24) is 15.0 Å². The van der Waals surface area contributed by atoms with Crippen molar-refractivity contribution < 1.29 is 0 Å². The molecule has 0 amide bonds. The average molecular weight is 285 g/mol. The minimum Gasteiger partial charge on any atom is -0.242 e. The van der Waals surface area contributed by atoms with Crippen molar-refractivity contribution in [2.75, 3.05) is 0 Å². The van der Waals surface area contributed by atoms with Crippen LogP contribution in [0.15, 0.2) is 18.2 Å². The third-order valence-electron chi connectivity index (χ3n) is 2.33. The van der Waals surface area contributed by atoms with E-state index in [0.29, 0.717) is 6.04 Å². The van der Waals surface area contributed by atoms with Gasteiger partial charge in [-0.2, -0.15) is 0 Å². The van der Waals surface area contributed by atoms with Gasteiger partial charge in [0.2, 0.25) is 0 Å². The first-order chi connectivity index (χ1) is 6.34. The number of fused-ring (bicyclic) bond motifs is 1. The zero-order chi connectivity index (χ0) is 8.84. The quantitative estimate of drug-likeness (QED) is 0.753. The maximum Gasteiger partial charge on any atom is 0.114 e. The van der Waals surface area contributed by atoms with E-state index in [1.54, 1.807) is 0 Å². The van der Waals surface area contributed by atoms with Crippen LogP contribution >= 0.6 is 22.6 Å². The van der Waals surface area contributed by atoms with Crippen LogP contribution in [0, 0.1) is 3.57 Å². The topological polar surface area (TPSA) is 30.7 Å². The highest BCUT2D eigenvalue weighted by molar-refractivity contribution is 14.1. The molecule has 3 nitrogen and oxygen atoms in total. The summed E-state index contributed by atoms with van der Waals surface area (Å²) in [6.45, 7) is 0. The number of benzene rings is 1. The van der Waals surface area contributed by atoms with Crippen molar-refractivity contribution in [3.63, 3.8) is 0 Å². The van der Waals surface area contributed by atoms with Crippen LogP contribution in [0.25, 0.3) is 11.0 Å². The van der Waals surface area contributed by atoms with Gasteiger partial charge >= 0.3 is 0 Å². The Morgan fingerprint density at radius 2 is 2.23 bits per heavy atom. The maximum atomic E-state index is 4.16. The van der Waals surface area contributed by atoms with E-state index < -0.39 is 0 Å². The highest BCUT2D eigenvalue weighted by Crippen LogP contribution is 2.36. The molecule has 2 aromatic rings. The fraction of sp³-hybridized carbons (Fsp3) is 0.333. The summed E-state index contributed by atoms with van der Waals surface area (Å²) in [4.78, 5) is 0. The molecule has 3 rings (SSSR count). The minimum atomic E-state index is 0.616. The number of rotatable bonds is 1. The standard InChI is InChI=1S/C9H8IN3/c10-6-1-4-9-8(5-6)11-12-13(9)7-2-3-7/h1,4-5,7H,2-3H2. The molecular weight excluding hydrogens is 277 g/mol. The zero-order valence-corrected chi connectivity index (χ0v) is 9.10. The van der Waals surface area contributed by atoms with Gasteiger partial charge in [-0.05, 0) is 53.6 Å². The summed E-state index contributed by atoms with van der Waals surface area (Å²) in [7, 11) is 0. The highest BCUT2D eigenvalue weighted by atomic mass is 127. The largest absolute Gasteiger partial charge is 0.242 e. The van der Waals surface area contributed by atoms with Crippen molar-refractivity contribution in [3.05, 3.63) is 21.8 Å². The van der Waals surface area contributed by atoms with Gasteiger partial charge in [0, 0.05) is 3.57 Å². The van der Waals surface area contributed by atoms with E-state index in [1.807, 2.05) is 4.68 Å². The van der Waals surface area contributed by atoms with E-state index in [2.05, 4.69) is 51.1 Å². The van der Waals surface area contributed by atoms with Crippen molar-refractivity contribution >= 4 is 33.6 Å². The first kappa shape index (κ1) is 7.73. The number of hydrogen-bond acceptors (Lipinski definition) is 2. The summed E-state index contributed by atoms with van der Waals surface area (Å²) < 4.78 is 3.26. The Kier molecular flexibility index (Phi) is 1.59. The number of nitrogens with zero attached hydrogens (tertiary/aromatic N) is 3. The second-order valence-electron chi connectivity index (χ2n) is 3.40. The average Bonchev–Trinajstić information content (AvgIpc) is 2.87. The van der Waals surface area contributed by atoms with Crippen molar-refractivity contribution in [1.29, 1.82) is 0 Å². The molecule has 1 heterocycles. The minimum absolute atomic E-state index is 0.616. The summed E-state index contributed by atoms with van der Waals surface area (Å²) in [5.41, 5.74) is 2.18. The van der Waals surface area contributed by atoms with Crippen molar-refractivity contribution in [2.45, 2.75) is 18.9 Å². The number of hydrogen-bond donors (Lipinski definition) is 0. The molecule has 0 aliphatic heterocycles. The molecule has 1 fully saturated rings. The first-order valence-electron chi connectivity index (χ1n) is 4.35. The second-order valence-corrected chi connectivity index (χ2v) is 4.64. The molecule has 66 valence electrons. The van der Waals surface area contributed by atoms with Crippen molar-refractivity contribution in [3.8, 4) is 0 Å². The predicted molar refractivity (Wildman–Crippen MR) is 58.5 cm³/mol. The SMILES string of the molecule is Ic1ccc2c(c1)nnn2C1CC1. The third-order valence-corrected chi connectivity index (χ3v) is 3.00. The van der Waals surface area contributed by atoms with E-state index in [-0.39, 0.29) is 0 Å². The van der Waals surface area contributed by atoms with Crippen LogP contribution in [-0.2, 0) is 0 Å². The molecule has 0 saturated heterocycles. The Morgan fingerprint density at radius 3 is 3.00 bits per heavy atom. The fourth-order valence-electron chi connectivity index (χ4n) is 1.50. The lowest BCUT2D eigenvalue weighted by Gasteiger charge is -1.96. The summed E-state index contributed by atoms with van der Waals surface area (Å²) in [6, 6.07) is 6.90. The van der Waals surface area contributed by atoms with Gasteiger partial charge in [0.15, 0.2) is 0 Å². The molecule has 1 aliphatic rings. The van der Waals surface area contributed by atoms with Gasteiger partial charge in [0.05, 0.1) is 11.6 Å². The van der Waals surface area contributed by atoms with Crippen LogP contribution in [0.4, 0.5) is 0 Å². The molecule has 0 radical (unpaired) electrons. The van der Waals surface area contributed by atoms with E-state index in [4.69, 9.17) is 0 Å². The van der Waals surface area contributed by atoms with E-state index in [0.717, 1.165) is 5.52 Å². The molecule has 0 N–H and O–H groups in total. The summed E-state index contributed by atoms with van der Waals surface area (Å²) in [5.74, 6) is 0. The lowest BCUT2D eigenvalue weighted by atomic mass is 10.3. The van der Waals surface area contributed by atoms with Gasteiger partial charge in [0.1, 0.15) is 5.52 Å². The molecule has 0 spiro atoms. The molecule has 1 aromatic carbocycles. The van der Waals surface area contributed by atoms with Crippen LogP contribution in [0.1, 0.15) is 18.9 Å². The molecule has 1 saturated carbocycles. The molecule has 1 aliphatic carbocycles. The number of aromatic nitrogens is 3. The van der Waals surface area contributed by atoms with Crippen LogP contribution in [0.2, 0.25) is 0 Å². The van der Waals surface area contributed by atoms with Gasteiger partial charge in [-0.3, -0.25) is 0 Å². The molecule has 4 heteroatoms.